The third-order valence-electron chi connectivity index (χ3n) is 5.29. The van der Waals surface area contributed by atoms with Crippen LogP contribution in [0.5, 0.6) is 0 Å². The summed E-state index contributed by atoms with van der Waals surface area (Å²) in [6, 6.07) is 0. The fourth-order valence-electron chi connectivity index (χ4n) is 4.22. The van der Waals surface area contributed by atoms with Gasteiger partial charge in [0.1, 0.15) is 0 Å². The maximum atomic E-state index is 12.0. The molecule has 1 heterocycles. The molecule has 3 atom stereocenters. The Morgan fingerprint density at radius 3 is 2.74 bits per heavy atom. The van der Waals surface area contributed by atoms with E-state index in [9.17, 15) is 4.79 Å². The molecule has 2 saturated carbocycles. The highest BCUT2D eigenvalue weighted by Crippen LogP contribution is 2.49. The molecule has 3 fully saturated rings. The minimum atomic E-state index is 0.285. The van der Waals surface area contributed by atoms with Gasteiger partial charge in [-0.05, 0) is 37.0 Å². The number of amides is 1. The van der Waals surface area contributed by atoms with Gasteiger partial charge in [-0.25, -0.2) is 0 Å². The van der Waals surface area contributed by atoms with Gasteiger partial charge < -0.3 is 10.6 Å². The van der Waals surface area contributed by atoms with E-state index >= 15 is 0 Å². The van der Waals surface area contributed by atoms with Gasteiger partial charge in [0.25, 0.3) is 0 Å². The van der Waals surface area contributed by atoms with Crippen molar-refractivity contribution in [1.29, 1.82) is 0 Å². The monoisotopic (exact) mass is 265 g/mol. The zero-order valence-electron chi connectivity index (χ0n) is 11.9. The fraction of sp³-hybridized carbons (Fsp3) is 0.933. The summed E-state index contributed by atoms with van der Waals surface area (Å²) in [6.07, 6.45) is 6.30. The summed E-state index contributed by atoms with van der Waals surface area (Å²) in [6.45, 7) is 6.21. The molecule has 2 bridgehead atoms. The average Bonchev–Trinajstić information content (AvgIpc) is 3.02. The molecule has 4 heteroatoms. The molecule has 1 amide bonds. The molecule has 0 aromatic rings. The molecule has 0 spiro atoms. The predicted molar refractivity (Wildman–Crippen MR) is 75.9 cm³/mol. The van der Waals surface area contributed by atoms with Crippen molar-refractivity contribution in [2.75, 3.05) is 39.3 Å². The van der Waals surface area contributed by atoms with E-state index in [2.05, 4.69) is 15.5 Å². The minimum Gasteiger partial charge on any atom is -0.355 e. The number of carbonyl (C=O) groups excluding carboxylic acids is 1. The summed E-state index contributed by atoms with van der Waals surface area (Å²) in [5.41, 5.74) is 0. The lowest BCUT2D eigenvalue weighted by Crippen LogP contribution is -2.46. The van der Waals surface area contributed by atoms with Crippen LogP contribution in [0.15, 0.2) is 0 Å². The number of carbonyl (C=O) groups is 1. The summed E-state index contributed by atoms with van der Waals surface area (Å²) in [4.78, 5) is 14.4. The van der Waals surface area contributed by atoms with Crippen LogP contribution in [0.1, 0.15) is 32.1 Å². The number of hydrogen-bond acceptors (Lipinski definition) is 3. The van der Waals surface area contributed by atoms with Gasteiger partial charge in [-0.3, -0.25) is 9.69 Å². The molecule has 1 saturated heterocycles. The Labute approximate surface area is 116 Å². The van der Waals surface area contributed by atoms with Crippen molar-refractivity contribution in [3.05, 3.63) is 0 Å². The van der Waals surface area contributed by atoms with E-state index in [0.29, 0.717) is 5.92 Å². The number of piperazine rings is 1. The molecule has 0 aromatic heterocycles. The summed E-state index contributed by atoms with van der Waals surface area (Å²) < 4.78 is 0. The molecule has 2 aliphatic carbocycles. The van der Waals surface area contributed by atoms with Crippen molar-refractivity contribution >= 4 is 5.91 Å². The molecular weight excluding hydrogens is 238 g/mol. The summed E-state index contributed by atoms with van der Waals surface area (Å²) in [5, 5.41) is 6.46. The van der Waals surface area contributed by atoms with Gasteiger partial charge in [-0.2, -0.15) is 0 Å². The van der Waals surface area contributed by atoms with E-state index in [4.69, 9.17) is 0 Å². The van der Waals surface area contributed by atoms with Crippen LogP contribution in [-0.2, 0) is 4.79 Å². The number of fused-ring (bicyclic) bond motifs is 2. The summed E-state index contributed by atoms with van der Waals surface area (Å²) >= 11 is 0. The molecule has 108 valence electrons. The van der Waals surface area contributed by atoms with Crippen LogP contribution < -0.4 is 10.6 Å². The highest BCUT2D eigenvalue weighted by atomic mass is 16.1. The lowest BCUT2D eigenvalue weighted by molar-refractivity contribution is -0.122. The Morgan fingerprint density at radius 1 is 1.21 bits per heavy atom. The third kappa shape index (κ3) is 3.48. The molecule has 3 rings (SSSR count). The normalized spacial score (nSPS) is 34.6. The standard InChI is InChI=1S/C15H27N3O/c19-15(11-14-10-12-1-2-13(14)9-12)17-5-8-18-6-3-16-4-7-18/h12-14,16H,1-11H2,(H,17,19). The third-order valence-corrected chi connectivity index (χ3v) is 5.29. The van der Waals surface area contributed by atoms with Crippen LogP contribution in [-0.4, -0.2) is 50.1 Å². The fourth-order valence-corrected chi connectivity index (χ4v) is 4.22. The molecule has 2 N–H and O–H groups in total. The first-order valence-electron chi connectivity index (χ1n) is 8.01. The van der Waals surface area contributed by atoms with E-state index in [1.54, 1.807) is 0 Å². The molecule has 4 nitrogen and oxygen atoms in total. The zero-order valence-corrected chi connectivity index (χ0v) is 11.9. The van der Waals surface area contributed by atoms with Gasteiger partial charge in [0, 0.05) is 45.7 Å². The van der Waals surface area contributed by atoms with Crippen molar-refractivity contribution < 1.29 is 4.79 Å². The van der Waals surface area contributed by atoms with Gasteiger partial charge in [0.05, 0.1) is 0 Å². The van der Waals surface area contributed by atoms with Crippen molar-refractivity contribution in [1.82, 2.24) is 15.5 Å². The predicted octanol–water partition coefficient (Wildman–Crippen LogP) is 0.834. The van der Waals surface area contributed by atoms with E-state index in [1.165, 1.54) is 25.7 Å². The second-order valence-electron chi connectivity index (χ2n) is 6.58. The van der Waals surface area contributed by atoms with E-state index in [-0.39, 0.29) is 5.91 Å². The average molecular weight is 265 g/mol. The van der Waals surface area contributed by atoms with Crippen LogP contribution in [0.3, 0.4) is 0 Å². The van der Waals surface area contributed by atoms with Crippen LogP contribution in [0.2, 0.25) is 0 Å². The lowest BCUT2D eigenvalue weighted by atomic mass is 9.86. The van der Waals surface area contributed by atoms with Gasteiger partial charge >= 0.3 is 0 Å². The SMILES string of the molecule is O=C(CC1CC2CCC1C2)NCCN1CCNCC1. The van der Waals surface area contributed by atoms with E-state index < -0.39 is 0 Å². The number of nitrogens with one attached hydrogen (secondary N) is 2. The molecule has 19 heavy (non-hydrogen) atoms. The van der Waals surface area contributed by atoms with Crippen molar-refractivity contribution in [2.24, 2.45) is 17.8 Å². The van der Waals surface area contributed by atoms with E-state index in [1.807, 2.05) is 0 Å². The highest BCUT2D eigenvalue weighted by molar-refractivity contribution is 5.76. The smallest absolute Gasteiger partial charge is 0.220 e. The maximum absolute atomic E-state index is 12.0. The first-order chi connectivity index (χ1) is 9.31. The Hall–Kier alpha value is -0.610. The van der Waals surface area contributed by atoms with Crippen molar-refractivity contribution in [3.8, 4) is 0 Å². The Morgan fingerprint density at radius 2 is 2.05 bits per heavy atom. The second-order valence-corrected chi connectivity index (χ2v) is 6.58. The second kappa shape index (κ2) is 6.23. The molecule has 0 aromatic carbocycles. The largest absolute Gasteiger partial charge is 0.355 e. The van der Waals surface area contributed by atoms with Crippen LogP contribution >= 0.6 is 0 Å². The molecule has 1 aliphatic heterocycles. The Kier molecular flexibility index (Phi) is 4.38. The number of nitrogens with zero attached hydrogens (tertiary/aromatic N) is 1. The van der Waals surface area contributed by atoms with E-state index in [0.717, 1.165) is 57.5 Å². The van der Waals surface area contributed by atoms with Gasteiger partial charge in [-0.15, -0.1) is 0 Å². The molecule has 3 aliphatic rings. The first kappa shape index (κ1) is 13.4. The lowest BCUT2D eigenvalue weighted by Gasteiger charge is -2.27. The van der Waals surface area contributed by atoms with Crippen LogP contribution in [0.25, 0.3) is 0 Å². The quantitative estimate of drug-likeness (QED) is 0.774. The highest BCUT2D eigenvalue weighted by Gasteiger charge is 2.39. The van der Waals surface area contributed by atoms with Crippen molar-refractivity contribution in [2.45, 2.75) is 32.1 Å². The van der Waals surface area contributed by atoms with Gasteiger partial charge in [-0.1, -0.05) is 6.42 Å². The molecule has 3 unspecified atom stereocenters. The maximum Gasteiger partial charge on any atom is 0.220 e. The summed E-state index contributed by atoms with van der Waals surface area (Å²) in [7, 11) is 0. The summed E-state index contributed by atoms with van der Waals surface area (Å²) in [5.74, 6) is 2.79. The molecular formula is C15H27N3O. The van der Waals surface area contributed by atoms with Crippen LogP contribution in [0.4, 0.5) is 0 Å². The van der Waals surface area contributed by atoms with Crippen molar-refractivity contribution in [3.63, 3.8) is 0 Å². The minimum absolute atomic E-state index is 0.285. The van der Waals surface area contributed by atoms with Gasteiger partial charge in [0.15, 0.2) is 0 Å². The first-order valence-corrected chi connectivity index (χ1v) is 8.01. The molecule has 0 radical (unpaired) electrons. The number of hydrogen-bond donors (Lipinski definition) is 2. The van der Waals surface area contributed by atoms with Gasteiger partial charge in [0.2, 0.25) is 5.91 Å². The Bertz CT molecular complexity index is 315. The topological polar surface area (TPSA) is 44.4 Å². The Balaban J connectivity index is 1.31. The van der Waals surface area contributed by atoms with Crippen LogP contribution in [0, 0.1) is 17.8 Å². The number of rotatable bonds is 5. The zero-order chi connectivity index (χ0) is 13.1.